The van der Waals surface area contributed by atoms with Crippen molar-refractivity contribution >= 4 is 21.6 Å². The van der Waals surface area contributed by atoms with E-state index in [0.29, 0.717) is 0 Å². The van der Waals surface area contributed by atoms with Crippen molar-refractivity contribution in [1.82, 2.24) is 0 Å². The maximum atomic E-state index is 12.5. The maximum Gasteiger partial charge on any atom is 0.139 e. The van der Waals surface area contributed by atoms with E-state index < -0.39 is 5.82 Å². The van der Waals surface area contributed by atoms with Crippen LogP contribution in [-0.4, -0.2) is 5.11 Å². The van der Waals surface area contributed by atoms with Gasteiger partial charge in [-0.3, -0.25) is 0 Å². The van der Waals surface area contributed by atoms with E-state index in [-0.39, 0.29) is 15.9 Å². The predicted molar refractivity (Wildman–Crippen MR) is 40.2 cm³/mol. The third-order valence-corrected chi connectivity index (χ3v) is 1.92. The van der Waals surface area contributed by atoms with Gasteiger partial charge in [-0.1, -0.05) is 0 Å². The molecule has 10 heavy (non-hydrogen) atoms. The van der Waals surface area contributed by atoms with Crippen LogP contribution < -0.4 is 5.73 Å². The topological polar surface area (TPSA) is 46.2 Å². The van der Waals surface area contributed by atoms with Crippen molar-refractivity contribution in [2.24, 2.45) is 0 Å². The highest BCUT2D eigenvalue weighted by molar-refractivity contribution is 9.10. The molecular formula is C6H5BrFNO. The fourth-order valence-electron chi connectivity index (χ4n) is 0.556. The average Bonchev–Trinajstić information content (AvgIpc) is 1.93. The summed E-state index contributed by atoms with van der Waals surface area (Å²) >= 11 is 2.87. The first-order valence-electron chi connectivity index (χ1n) is 2.55. The summed E-state index contributed by atoms with van der Waals surface area (Å²) in [5, 5.41) is 8.90. The predicted octanol–water partition coefficient (Wildman–Crippen LogP) is 1.88. The molecule has 3 N–H and O–H groups in total. The van der Waals surface area contributed by atoms with Gasteiger partial charge in [-0.05, 0) is 28.1 Å². The molecule has 2 nitrogen and oxygen atoms in total. The van der Waals surface area contributed by atoms with E-state index in [1.54, 1.807) is 0 Å². The first-order valence-corrected chi connectivity index (χ1v) is 3.34. The van der Waals surface area contributed by atoms with Gasteiger partial charge in [-0.25, -0.2) is 4.39 Å². The van der Waals surface area contributed by atoms with Crippen LogP contribution >= 0.6 is 15.9 Å². The van der Waals surface area contributed by atoms with Gasteiger partial charge in [0.25, 0.3) is 0 Å². The van der Waals surface area contributed by atoms with Crippen molar-refractivity contribution in [3.05, 3.63) is 22.4 Å². The zero-order valence-corrected chi connectivity index (χ0v) is 6.52. The van der Waals surface area contributed by atoms with E-state index in [4.69, 9.17) is 10.8 Å². The lowest BCUT2D eigenvalue weighted by atomic mass is 10.3. The molecule has 0 bridgehead atoms. The number of benzene rings is 1. The van der Waals surface area contributed by atoms with Crippen LogP contribution in [0, 0.1) is 5.82 Å². The molecule has 0 saturated carbocycles. The zero-order chi connectivity index (χ0) is 7.72. The van der Waals surface area contributed by atoms with Crippen LogP contribution in [0.5, 0.6) is 5.75 Å². The van der Waals surface area contributed by atoms with Gasteiger partial charge in [0.05, 0.1) is 10.2 Å². The molecule has 0 aliphatic rings. The van der Waals surface area contributed by atoms with Crippen molar-refractivity contribution in [1.29, 1.82) is 0 Å². The van der Waals surface area contributed by atoms with E-state index in [1.165, 1.54) is 6.07 Å². The Balaban J connectivity index is 3.34. The molecule has 1 rings (SSSR count). The second-order valence-corrected chi connectivity index (χ2v) is 2.59. The molecular weight excluding hydrogens is 201 g/mol. The van der Waals surface area contributed by atoms with E-state index in [1.807, 2.05) is 0 Å². The number of phenols is 1. The summed E-state index contributed by atoms with van der Waals surface area (Å²) in [6, 6.07) is 2.34. The molecule has 0 unspecified atom stereocenters. The fourth-order valence-corrected chi connectivity index (χ4v) is 0.891. The van der Waals surface area contributed by atoms with Crippen LogP contribution in [0.2, 0.25) is 0 Å². The number of nitrogens with two attached hydrogens (primary N) is 1. The summed E-state index contributed by atoms with van der Waals surface area (Å²) < 4.78 is 12.6. The summed E-state index contributed by atoms with van der Waals surface area (Å²) in [5.74, 6) is -0.594. The van der Waals surface area contributed by atoms with Gasteiger partial charge in [0.15, 0.2) is 0 Å². The molecule has 1 aromatic carbocycles. The molecule has 1 aromatic rings. The maximum absolute atomic E-state index is 12.5. The van der Waals surface area contributed by atoms with Crippen molar-refractivity contribution in [3.8, 4) is 5.75 Å². The quantitative estimate of drug-likeness (QED) is 0.502. The molecule has 54 valence electrons. The van der Waals surface area contributed by atoms with Gasteiger partial charge in [-0.15, -0.1) is 0 Å². The highest BCUT2D eigenvalue weighted by Gasteiger charge is 2.05. The van der Waals surface area contributed by atoms with E-state index in [9.17, 15) is 4.39 Å². The summed E-state index contributed by atoms with van der Waals surface area (Å²) in [7, 11) is 0. The van der Waals surface area contributed by atoms with Gasteiger partial charge < -0.3 is 10.8 Å². The zero-order valence-electron chi connectivity index (χ0n) is 4.94. The number of hydrogen-bond acceptors (Lipinski definition) is 2. The molecule has 0 heterocycles. The highest BCUT2D eigenvalue weighted by Crippen LogP contribution is 2.30. The van der Waals surface area contributed by atoms with Crippen LogP contribution in [0.4, 0.5) is 10.1 Å². The lowest BCUT2D eigenvalue weighted by Crippen LogP contribution is -1.89. The number of phenolic OH excluding ortho intramolecular Hbond substituents is 1. The Labute approximate surface area is 65.6 Å². The molecule has 0 aliphatic carbocycles. The molecule has 0 saturated heterocycles. The Bertz CT molecular complexity index is 237. The third kappa shape index (κ3) is 1.07. The fraction of sp³-hybridized carbons (Fsp3) is 0. The number of halogens is 2. The van der Waals surface area contributed by atoms with Gasteiger partial charge in [0.1, 0.15) is 11.6 Å². The monoisotopic (exact) mass is 205 g/mol. The number of hydrogen-bond donors (Lipinski definition) is 2. The van der Waals surface area contributed by atoms with Gasteiger partial charge in [0, 0.05) is 0 Å². The van der Waals surface area contributed by atoms with Crippen LogP contribution in [0.25, 0.3) is 0 Å². The summed E-state index contributed by atoms with van der Waals surface area (Å²) in [6.07, 6.45) is 0. The van der Waals surface area contributed by atoms with Gasteiger partial charge in [-0.2, -0.15) is 0 Å². The summed E-state index contributed by atoms with van der Waals surface area (Å²) in [6.45, 7) is 0. The van der Waals surface area contributed by atoms with Gasteiger partial charge in [0.2, 0.25) is 0 Å². The molecule has 4 heteroatoms. The minimum atomic E-state index is -0.477. The Hall–Kier alpha value is -0.770. The lowest BCUT2D eigenvalue weighted by Gasteiger charge is -2.00. The number of anilines is 1. The summed E-state index contributed by atoms with van der Waals surface area (Å²) in [4.78, 5) is 0. The Morgan fingerprint density at radius 3 is 2.60 bits per heavy atom. The van der Waals surface area contributed by atoms with Crippen molar-refractivity contribution in [2.45, 2.75) is 0 Å². The third-order valence-electron chi connectivity index (χ3n) is 1.11. The van der Waals surface area contributed by atoms with Crippen LogP contribution in [-0.2, 0) is 0 Å². The molecule has 0 radical (unpaired) electrons. The highest BCUT2D eigenvalue weighted by atomic mass is 79.9. The molecule has 0 amide bonds. The van der Waals surface area contributed by atoms with Crippen molar-refractivity contribution < 1.29 is 9.50 Å². The summed E-state index contributed by atoms with van der Waals surface area (Å²) in [5.41, 5.74) is 5.27. The van der Waals surface area contributed by atoms with E-state index in [0.717, 1.165) is 6.07 Å². The first kappa shape index (κ1) is 7.34. The van der Waals surface area contributed by atoms with E-state index in [2.05, 4.69) is 15.9 Å². The first-order chi connectivity index (χ1) is 4.63. The SMILES string of the molecule is Nc1c(O)ccc(F)c1Br. The molecule has 0 aromatic heterocycles. The second kappa shape index (κ2) is 2.46. The largest absolute Gasteiger partial charge is 0.506 e. The van der Waals surface area contributed by atoms with Crippen LogP contribution in [0.15, 0.2) is 16.6 Å². The second-order valence-electron chi connectivity index (χ2n) is 1.79. The van der Waals surface area contributed by atoms with Crippen LogP contribution in [0.3, 0.4) is 0 Å². The number of rotatable bonds is 0. The normalized spacial score (nSPS) is 9.80. The molecule has 0 aliphatic heterocycles. The minimum absolute atomic E-state index is 0.0278. The van der Waals surface area contributed by atoms with Crippen molar-refractivity contribution in [2.75, 3.05) is 5.73 Å². The van der Waals surface area contributed by atoms with Crippen LogP contribution in [0.1, 0.15) is 0 Å². The average molecular weight is 206 g/mol. The van der Waals surface area contributed by atoms with E-state index >= 15 is 0 Å². The molecule has 0 spiro atoms. The Morgan fingerprint density at radius 2 is 2.10 bits per heavy atom. The lowest BCUT2D eigenvalue weighted by molar-refractivity contribution is 0.475. The minimum Gasteiger partial charge on any atom is -0.506 e. The van der Waals surface area contributed by atoms with Gasteiger partial charge >= 0.3 is 0 Å². The number of nitrogen functional groups attached to an aromatic ring is 1. The Kier molecular flexibility index (Phi) is 1.80. The standard InChI is InChI=1S/C6H5BrFNO/c7-5-3(8)1-2-4(10)6(5)9/h1-2,10H,9H2. The Morgan fingerprint density at radius 1 is 1.50 bits per heavy atom. The molecule has 0 atom stereocenters. The molecule has 0 fully saturated rings. The smallest absolute Gasteiger partial charge is 0.139 e. The van der Waals surface area contributed by atoms with Crippen molar-refractivity contribution in [3.63, 3.8) is 0 Å². The number of aromatic hydroxyl groups is 1.